The summed E-state index contributed by atoms with van der Waals surface area (Å²) < 4.78 is 17.4. The second-order valence-corrected chi connectivity index (χ2v) is 10.9. The molecule has 0 saturated carbocycles. The zero-order chi connectivity index (χ0) is 28.8. The van der Waals surface area contributed by atoms with Crippen molar-refractivity contribution in [3.63, 3.8) is 0 Å². The highest BCUT2D eigenvalue weighted by Crippen LogP contribution is 2.42. The van der Waals surface area contributed by atoms with Crippen LogP contribution in [0.15, 0.2) is 77.8 Å². The first kappa shape index (κ1) is 28.0. The number of aromatic nitrogens is 2. The second-order valence-electron chi connectivity index (χ2n) is 8.75. The van der Waals surface area contributed by atoms with Gasteiger partial charge in [0.15, 0.2) is 16.6 Å². The highest BCUT2D eigenvalue weighted by Gasteiger charge is 2.21. The van der Waals surface area contributed by atoms with E-state index in [2.05, 4.69) is 16.4 Å². The topological polar surface area (TPSA) is 106 Å². The van der Waals surface area contributed by atoms with Crippen molar-refractivity contribution in [1.82, 2.24) is 9.97 Å². The number of fused-ring (bicyclic) bond motifs is 1. The van der Waals surface area contributed by atoms with Crippen molar-refractivity contribution in [2.45, 2.75) is 11.4 Å². The monoisotopic (exact) mass is 582 g/mol. The molecule has 41 heavy (non-hydrogen) atoms. The second kappa shape index (κ2) is 12.7. The van der Waals surface area contributed by atoms with Crippen LogP contribution in [-0.2, 0) is 4.79 Å². The maximum absolute atomic E-state index is 12.8. The van der Waals surface area contributed by atoms with Gasteiger partial charge in [-0.1, -0.05) is 53.8 Å². The molecule has 5 rings (SSSR count). The maximum atomic E-state index is 12.8. The largest absolute Gasteiger partial charge is 0.497 e. The normalized spacial score (nSPS) is 10.7. The van der Waals surface area contributed by atoms with Crippen molar-refractivity contribution < 1.29 is 19.0 Å². The van der Waals surface area contributed by atoms with E-state index < -0.39 is 0 Å². The third-order valence-corrected chi connectivity index (χ3v) is 8.18. The van der Waals surface area contributed by atoms with Gasteiger partial charge in [-0.05, 0) is 30.3 Å². The lowest BCUT2D eigenvalue weighted by Crippen LogP contribution is -2.12. The minimum Gasteiger partial charge on any atom is -0.497 e. The van der Waals surface area contributed by atoms with E-state index in [-0.39, 0.29) is 12.3 Å². The molecule has 0 spiro atoms. The van der Waals surface area contributed by atoms with Crippen LogP contribution in [0.4, 0.5) is 5.13 Å². The zero-order valence-electron chi connectivity index (χ0n) is 22.6. The molecule has 0 aliphatic heterocycles. The fourth-order valence-corrected chi connectivity index (χ4v) is 6.16. The number of para-hydroxylation sites is 1. The van der Waals surface area contributed by atoms with Crippen LogP contribution in [0, 0.1) is 11.3 Å². The molecule has 0 saturated heterocycles. The first-order valence-electron chi connectivity index (χ1n) is 12.6. The Morgan fingerprint density at radius 3 is 2.51 bits per heavy atom. The Morgan fingerprint density at radius 2 is 1.78 bits per heavy atom. The Bertz CT molecular complexity index is 1750. The number of thiazole rings is 1. The summed E-state index contributed by atoms with van der Waals surface area (Å²) in [4.78, 5) is 22.1. The van der Waals surface area contributed by atoms with Crippen molar-refractivity contribution in [2.24, 2.45) is 0 Å². The Balaban J connectivity index is 1.41. The van der Waals surface area contributed by atoms with Crippen LogP contribution in [0.3, 0.4) is 0 Å². The van der Waals surface area contributed by atoms with Crippen molar-refractivity contribution in [3.05, 3.63) is 78.4 Å². The smallest absolute Gasteiger partial charge is 0.226 e. The average molecular weight is 583 g/mol. The number of carbonyl (C=O) groups is 1. The molecule has 3 aromatic carbocycles. The molecule has 8 nitrogen and oxygen atoms in total. The van der Waals surface area contributed by atoms with Gasteiger partial charge in [-0.15, -0.1) is 11.8 Å². The number of nitrogens with one attached hydrogen (secondary N) is 1. The van der Waals surface area contributed by atoms with E-state index in [0.717, 1.165) is 27.1 Å². The summed E-state index contributed by atoms with van der Waals surface area (Å²) in [7, 11) is 4.76. The highest BCUT2D eigenvalue weighted by atomic mass is 32.2. The first-order chi connectivity index (χ1) is 20.0. The third-order valence-electron chi connectivity index (χ3n) is 6.27. The number of pyridine rings is 1. The van der Waals surface area contributed by atoms with Gasteiger partial charge in [0.2, 0.25) is 5.91 Å². The number of anilines is 1. The van der Waals surface area contributed by atoms with Crippen molar-refractivity contribution in [1.29, 1.82) is 5.26 Å². The van der Waals surface area contributed by atoms with Crippen molar-refractivity contribution >= 4 is 44.4 Å². The highest BCUT2D eigenvalue weighted by molar-refractivity contribution is 7.99. The number of methoxy groups -OCH3 is 3. The van der Waals surface area contributed by atoms with Gasteiger partial charge < -0.3 is 19.5 Å². The van der Waals surface area contributed by atoms with Gasteiger partial charge in [0.05, 0.1) is 42.8 Å². The first-order valence-corrected chi connectivity index (χ1v) is 14.4. The van der Waals surface area contributed by atoms with Gasteiger partial charge >= 0.3 is 0 Å². The van der Waals surface area contributed by atoms with Crippen molar-refractivity contribution in [2.75, 3.05) is 32.4 Å². The molecule has 2 heterocycles. The molecule has 0 atom stereocenters. The van der Waals surface area contributed by atoms with Crippen molar-refractivity contribution in [3.8, 4) is 45.7 Å². The fraction of sp³-hybridized carbons (Fsp3) is 0.161. The predicted molar refractivity (Wildman–Crippen MR) is 163 cm³/mol. The molecular formula is C31H26N4O4S2. The van der Waals surface area contributed by atoms with Crippen LogP contribution in [-0.4, -0.2) is 43.0 Å². The van der Waals surface area contributed by atoms with Crippen LogP contribution in [0.2, 0.25) is 0 Å². The summed E-state index contributed by atoms with van der Waals surface area (Å²) in [6.45, 7) is 0. The number of hydrogen-bond donors (Lipinski definition) is 1. The lowest BCUT2D eigenvalue weighted by Gasteiger charge is -2.16. The number of rotatable bonds is 10. The van der Waals surface area contributed by atoms with Gasteiger partial charge in [0.25, 0.3) is 0 Å². The Labute approximate surface area is 245 Å². The summed E-state index contributed by atoms with van der Waals surface area (Å²) in [5.74, 6) is 2.07. The summed E-state index contributed by atoms with van der Waals surface area (Å²) >= 11 is 2.75. The molecule has 1 amide bonds. The van der Waals surface area contributed by atoms with Crippen LogP contribution < -0.4 is 19.5 Å². The number of carbonyl (C=O) groups excluding carboxylic acids is 1. The SMILES string of the molecule is COc1ccc2nc(NC(=O)CCSc3nc(-c4ccccc4)cc(-c4cccc(OC)c4OC)c3C#N)sc2c1. The summed E-state index contributed by atoms with van der Waals surface area (Å²) in [5, 5.41) is 14.2. The molecule has 1 N–H and O–H groups in total. The predicted octanol–water partition coefficient (Wildman–Crippen LogP) is 7.04. The molecule has 0 aliphatic rings. The number of ether oxygens (including phenoxy) is 3. The Morgan fingerprint density at radius 1 is 0.951 bits per heavy atom. The molecule has 0 bridgehead atoms. The van der Waals surface area contributed by atoms with Gasteiger partial charge in [-0.3, -0.25) is 4.79 Å². The van der Waals surface area contributed by atoms with Gasteiger partial charge in [0, 0.05) is 28.9 Å². The molecule has 0 radical (unpaired) electrons. The molecule has 5 aromatic rings. The van der Waals surface area contributed by atoms with E-state index in [1.807, 2.05) is 72.8 Å². The average Bonchev–Trinajstić information content (AvgIpc) is 3.41. The lowest BCUT2D eigenvalue weighted by molar-refractivity contribution is -0.115. The summed E-state index contributed by atoms with van der Waals surface area (Å²) in [6.07, 6.45) is 0.212. The molecular weight excluding hydrogens is 556 g/mol. The van der Waals surface area contributed by atoms with E-state index in [1.54, 1.807) is 21.3 Å². The van der Waals surface area contributed by atoms with Crippen LogP contribution in [0.25, 0.3) is 32.6 Å². The standard InChI is InChI=1S/C31H26N4O4S2/c1-37-20-12-13-24-27(16-20)41-31(34-24)35-28(36)14-15-40-30-23(18-32)22(17-25(33-30)19-8-5-4-6-9-19)21-10-7-11-26(38-2)29(21)39-3/h4-13,16-17H,14-15H2,1-3H3,(H,34,35,36). The lowest BCUT2D eigenvalue weighted by atomic mass is 9.98. The maximum Gasteiger partial charge on any atom is 0.226 e. The van der Waals surface area contributed by atoms with Crippen LogP contribution in [0.5, 0.6) is 17.2 Å². The Kier molecular flexibility index (Phi) is 8.67. The minimum absolute atomic E-state index is 0.170. The number of thioether (sulfide) groups is 1. The third kappa shape index (κ3) is 6.11. The summed E-state index contributed by atoms with van der Waals surface area (Å²) in [5.41, 5.74) is 4.21. The van der Waals surface area contributed by atoms with Crippen LogP contribution in [0.1, 0.15) is 12.0 Å². The van der Waals surface area contributed by atoms with Gasteiger partial charge in [-0.25, -0.2) is 9.97 Å². The van der Waals surface area contributed by atoms with E-state index in [0.29, 0.717) is 44.2 Å². The van der Waals surface area contributed by atoms with E-state index >= 15 is 0 Å². The quantitative estimate of drug-likeness (QED) is 0.175. The Hall–Kier alpha value is -4.59. The zero-order valence-corrected chi connectivity index (χ0v) is 24.3. The van der Waals surface area contributed by atoms with Crippen LogP contribution >= 0.6 is 23.1 Å². The number of amides is 1. The number of nitriles is 1. The number of hydrogen-bond acceptors (Lipinski definition) is 9. The van der Waals surface area contributed by atoms with E-state index in [4.69, 9.17) is 19.2 Å². The summed E-state index contributed by atoms with van der Waals surface area (Å²) in [6, 6.07) is 25.1. The van der Waals surface area contributed by atoms with Gasteiger partial charge in [0.1, 0.15) is 16.8 Å². The molecule has 2 aromatic heterocycles. The molecule has 206 valence electrons. The number of nitrogens with zero attached hydrogens (tertiary/aromatic N) is 3. The number of benzene rings is 3. The minimum atomic E-state index is -0.170. The molecule has 0 fully saturated rings. The molecule has 0 unspecified atom stereocenters. The van der Waals surface area contributed by atoms with E-state index in [9.17, 15) is 10.1 Å². The fourth-order valence-electron chi connectivity index (χ4n) is 4.31. The van der Waals surface area contributed by atoms with Gasteiger partial charge in [-0.2, -0.15) is 5.26 Å². The van der Waals surface area contributed by atoms with E-state index in [1.165, 1.54) is 23.1 Å². The molecule has 0 aliphatic carbocycles. The molecule has 10 heteroatoms.